The Balaban J connectivity index is 1.57. The normalized spacial score (nSPS) is 15.1. The van der Waals surface area contributed by atoms with Gasteiger partial charge in [0.05, 0.1) is 6.54 Å². The van der Waals surface area contributed by atoms with Gasteiger partial charge in [0.15, 0.2) is 0 Å². The summed E-state index contributed by atoms with van der Waals surface area (Å²) in [5, 5.41) is 6.06. The molecule has 2 rings (SSSR count). The van der Waals surface area contributed by atoms with Crippen LogP contribution in [0, 0.1) is 6.92 Å². The highest BCUT2D eigenvalue weighted by molar-refractivity contribution is 5.78. The fourth-order valence-electron chi connectivity index (χ4n) is 1.55. The highest BCUT2D eigenvalue weighted by atomic mass is 16.2. The highest BCUT2D eigenvalue weighted by Crippen LogP contribution is 2.18. The van der Waals surface area contributed by atoms with Gasteiger partial charge in [-0.3, -0.25) is 4.79 Å². The van der Waals surface area contributed by atoms with Gasteiger partial charge < -0.3 is 15.2 Å². The molecule has 5 nitrogen and oxygen atoms in total. The zero-order valence-electron chi connectivity index (χ0n) is 9.57. The lowest BCUT2D eigenvalue weighted by molar-refractivity contribution is -0.120. The number of aromatic nitrogens is 2. The molecule has 1 saturated carbocycles. The molecule has 1 aromatic heterocycles. The summed E-state index contributed by atoms with van der Waals surface area (Å²) in [6.07, 6.45) is 6.01. The Hall–Kier alpha value is -1.36. The summed E-state index contributed by atoms with van der Waals surface area (Å²) in [6.45, 7) is 4.02. The molecule has 1 amide bonds. The van der Waals surface area contributed by atoms with E-state index < -0.39 is 0 Å². The van der Waals surface area contributed by atoms with E-state index in [2.05, 4.69) is 20.2 Å². The van der Waals surface area contributed by atoms with Crippen molar-refractivity contribution in [2.45, 2.75) is 32.4 Å². The van der Waals surface area contributed by atoms with Crippen LogP contribution in [0.1, 0.15) is 18.7 Å². The summed E-state index contributed by atoms with van der Waals surface area (Å²) in [5.74, 6) is 1.11. The van der Waals surface area contributed by atoms with Gasteiger partial charge >= 0.3 is 0 Å². The molecule has 0 bridgehead atoms. The van der Waals surface area contributed by atoms with Gasteiger partial charge in [-0.05, 0) is 19.8 Å². The minimum absolute atomic E-state index is 0.102. The summed E-state index contributed by atoms with van der Waals surface area (Å²) in [7, 11) is 0. The average molecular weight is 222 g/mol. The number of nitrogens with zero attached hydrogens (tertiary/aromatic N) is 2. The van der Waals surface area contributed by atoms with E-state index in [9.17, 15) is 4.79 Å². The maximum atomic E-state index is 11.3. The molecule has 0 atom stereocenters. The number of hydrogen-bond acceptors (Lipinski definition) is 3. The van der Waals surface area contributed by atoms with Crippen molar-refractivity contribution in [3.05, 3.63) is 18.2 Å². The van der Waals surface area contributed by atoms with Crippen molar-refractivity contribution in [2.75, 3.05) is 13.1 Å². The summed E-state index contributed by atoms with van der Waals surface area (Å²) in [5.41, 5.74) is 0. The molecular weight excluding hydrogens is 204 g/mol. The molecule has 0 aromatic carbocycles. The minimum atomic E-state index is 0.102. The van der Waals surface area contributed by atoms with Gasteiger partial charge in [-0.25, -0.2) is 4.98 Å². The molecule has 0 spiro atoms. The molecular formula is C11H18N4O. The second-order valence-electron chi connectivity index (χ2n) is 4.19. The van der Waals surface area contributed by atoms with Gasteiger partial charge in [0.2, 0.25) is 5.91 Å². The number of imidazole rings is 1. The average Bonchev–Trinajstić information content (AvgIpc) is 2.96. The second kappa shape index (κ2) is 5.12. The predicted octanol–water partition coefficient (Wildman–Crippen LogP) is 0.0597. The van der Waals surface area contributed by atoms with Crippen LogP contribution in [0.3, 0.4) is 0 Å². The monoisotopic (exact) mass is 222 g/mol. The van der Waals surface area contributed by atoms with E-state index in [1.807, 2.05) is 13.1 Å². The van der Waals surface area contributed by atoms with Crippen molar-refractivity contribution in [3.8, 4) is 0 Å². The van der Waals surface area contributed by atoms with Crippen molar-refractivity contribution in [1.82, 2.24) is 20.2 Å². The lowest BCUT2D eigenvalue weighted by Gasteiger charge is -2.07. The standard InChI is InChI=1S/C11H18N4O/c1-9-13-5-7-15(9)6-4-12-8-11(16)14-10-2-3-10/h5,7,10,12H,2-4,6,8H2,1H3,(H,14,16). The molecule has 1 fully saturated rings. The van der Waals surface area contributed by atoms with Crippen LogP contribution in [0.2, 0.25) is 0 Å². The minimum Gasteiger partial charge on any atom is -0.352 e. The van der Waals surface area contributed by atoms with Crippen LogP contribution in [-0.4, -0.2) is 34.6 Å². The largest absolute Gasteiger partial charge is 0.352 e. The third-order valence-corrected chi connectivity index (χ3v) is 2.68. The Bertz CT molecular complexity index is 357. The molecule has 0 saturated heterocycles. The van der Waals surface area contributed by atoms with Crippen LogP contribution in [-0.2, 0) is 11.3 Å². The van der Waals surface area contributed by atoms with Crippen LogP contribution in [0.25, 0.3) is 0 Å². The fraction of sp³-hybridized carbons (Fsp3) is 0.636. The Morgan fingerprint density at radius 2 is 2.44 bits per heavy atom. The molecule has 0 radical (unpaired) electrons. The number of hydrogen-bond donors (Lipinski definition) is 2. The Morgan fingerprint density at radius 3 is 3.06 bits per heavy atom. The maximum absolute atomic E-state index is 11.3. The molecule has 1 aliphatic rings. The van der Waals surface area contributed by atoms with E-state index in [0.717, 1.165) is 31.8 Å². The first-order valence-corrected chi connectivity index (χ1v) is 5.73. The quantitative estimate of drug-likeness (QED) is 0.669. The van der Waals surface area contributed by atoms with Crippen LogP contribution >= 0.6 is 0 Å². The number of nitrogens with one attached hydrogen (secondary N) is 2. The van der Waals surface area contributed by atoms with Gasteiger partial charge in [0.1, 0.15) is 5.82 Å². The van der Waals surface area contributed by atoms with Crippen molar-refractivity contribution in [2.24, 2.45) is 0 Å². The third-order valence-electron chi connectivity index (χ3n) is 2.68. The fourth-order valence-corrected chi connectivity index (χ4v) is 1.55. The van der Waals surface area contributed by atoms with Gasteiger partial charge in [0.25, 0.3) is 0 Å². The zero-order valence-corrected chi connectivity index (χ0v) is 9.57. The molecule has 0 aliphatic heterocycles. The van der Waals surface area contributed by atoms with Gasteiger partial charge in [0, 0.05) is 31.5 Å². The van der Waals surface area contributed by atoms with Crippen LogP contribution < -0.4 is 10.6 Å². The van der Waals surface area contributed by atoms with Crippen molar-refractivity contribution < 1.29 is 4.79 Å². The molecule has 1 heterocycles. The van der Waals surface area contributed by atoms with Gasteiger partial charge in [-0.1, -0.05) is 0 Å². The first-order valence-electron chi connectivity index (χ1n) is 5.73. The lowest BCUT2D eigenvalue weighted by atomic mass is 10.5. The first kappa shape index (κ1) is 11.1. The van der Waals surface area contributed by atoms with E-state index in [4.69, 9.17) is 0 Å². The van der Waals surface area contributed by atoms with Crippen LogP contribution in [0.15, 0.2) is 12.4 Å². The first-order chi connectivity index (χ1) is 7.75. The van der Waals surface area contributed by atoms with Crippen LogP contribution in [0.5, 0.6) is 0 Å². The molecule has 88 valence electrons. The highest BCUT2D eigenvalue weighted by Gasteiger charge is 2.22. The van der Waals surface area contributed by atoms with Gasteiger partial charge in [-0.2, -0.15) is 0 Å². The summed E-state index contributed by atoms with van der Waals surface area (Å²) >= 11 is 0. The number of carbonyl (C=O) groups excluding carboxylic acids is 1. The number of rotatable bonds is 6. The van der Waals surface area contributed by atoms with E-state index in [1.165, 1.54) is 0 Å². The van der Waals surface area contributed by atoms with E-state index in [-0.39, 0.29) is 5.91 Å². The molecule has 1 aromatic rings. The number of carbonyl (C=O) groups is 1. The molecule has 16 heavy (non-hydrogen) atoms. The number of aryl methyl sites for hydroxylation is 1. The van der Waals surface area contributed by atoms with E-state index in [0.29, 0.717) is 12.6 Å². The summed E-state index contributed by atoms with van der Waals surface area (Å²) in [6, 6.07) is 0.449. The molecule has 0 unspecified atom stereocenters. The molecule has 2 N–H and O–H groups in total. The number of amides is 1. The lowest BCUT2D eigenvalue weighted by Crippen LogP contribution is -2.36. The van der Waals surface area contributed by atoms with Crippen LogP contribution in [0.4, 0.5) is 0 Å². The Kier molecular flexibility index (Phi) is 3.56. The second-order valence-corrected chi connectivity index (χ2v) is 4.19. The predicted molar refractivity (Wildman–Crippen MR) is 61.0 cm³/mol. The SMILES string of the molecule is Cc1nccn1CCNCC(=O)NC1CC1. The van der Waals surface area contributed by atoms with Crippen molar-refractivity contribution in [1.29, 1.82) is 0 Å². The smallest absolute Gasteiger partial charge is 0.234 e. The topological polar surface area (TPSA) is 59.0 Å². The maximum Gasteiger partial charge on any atom is 0.234 e. The van der Waals surface area contributed by atoms with E-state index >= 15 is 0 Å². The summed E-state index contributed by atoms with van der Waals surface area (Å²) < 4.78 is 2.06. The zero-order chi connectivity index (χ0) is 11.4. The van der Waals surface area contributed by atoms with E-state index in [1.54, 1.807) is 6.20 Å². The Morgan fingerprint density at radius 1 is 1.62 bits per heavy atom. The summed E-state index contributed by atoms with van der Waals surface area (Å²) in [4.78, 5) is 15.5. The molecule has 5 heteroatoms. The molecule has 1 aliphatic carbocycles. The van der Waals surface area contributed by atoms with Crippen molar-refractivity contribution >= 4 is 5.91 Å². The van der Waals surface area contributed by atoms with Gasteiger partial charge in [-0.15, -0.1) is 0 Å². The van der Waals surface area contributed by atoms with Crippen molar-refractivity contribution in [3.63, 3.8) is 0 Å². The third kappa shape index (κ3) is 3.34. The Labute approximate surface area is 95.2 Å².